The summed E-state index contributed by atoms with van der Waals surface area (Å²) in [4.78, 5) is 14.0. The number of hydrogen-bond acceptors (Lipinski definition) is 10. The summed E-state index contributed by atoms with van der Waals surface area (Å²) < 4.78 is 84.1. The zero-order valence-electron chi connectivity index (χ0n) is 26.9. The van der Waals surface area contributed by atoms with Gasteiger partial charge in [-0.15, -0.1) is 0 Å². The lowest BCUT2D eigenvalue weighted by molar-refractivity contribution is -0.120. The van der Waals surface area contributed by atoms with Crippen LogP contribution in [-0.2, 0) is 51.9 Å². The van der Waals surface area contributed by atoms with Crippen molar-refractivity contribution in [1.29, 1.82) is 0 Å². The standard InChI is InChI=1S/C31H42FNO10P2S/c1-7-38-44(35,39-8-2)42-21-25(43-45(36,40-9-3)41-10-4)20-33-31(34)19-29-22(5)28(27-16-13-24(32)18-30(27)29)17-23-11-14-26(15-12-23)46(6)37/h11-18,25H,7-10,19-21H2,1-6H3,(H,33,34). The van der Waals surface area contributed by atoms with Gasteiger partial charge in [-0.05, 0) is 98.4 Å². The number of allylic oxidation sites excluding steroid dienone is 2. The predicted octanol–water partition coefficient (Wildman–Crippen LogP) is 7.16. The molecule has 0 fully saturated rings. The fourth-order valence-electron chi connectivity index (χ4n) is 4.68. The second-order valence-corrected chi connectivity index (χ2v) is 14.6. The van der Waals surface area contributed by atoms with E-state index in [1.54, 1.807) is 52.1 Å². The van der Waals surface area contributed by atoms with Crippen LogP contribution in [0.1, 0.15) is 57.7 Å². The maximum Gasteiger partial charge on any atom is 0.475 e. The van der Waals surface area contributed by atoms with Crippen molar-refractivity contribution in [2.45, 2.75) is 52.0 Å². The van der Waals surface area contributed by atoms with E-state index in [2.05, 4.69) is 5.32 Å². The summed E-state index contributed by atoms with van der Waals surface area (Å²) in [5.41, 5.74) is 4.47. The maximum atomic E-state index is 14.4. The van der Waals surface area contributed by atoms with Gasteiger partial charge in [0, 0.05) is 28.5 Å². The molecule has 0 bridgehead atoms. The van der Waals surface area contributed by atoms with Crippen LogP contribution < -0.4 is 5.32 Å². The van der Waals surface area contributed by atoms with Gasteiger partial charge in [0.05, 0.1) is 39.5 Å². The molecule has 0 heterocycles. The average molecular weight is 702 g/mol. The van der Waals surface area contributed by atoms with Crippen LogP contribution in [0.5, 0.6) is 0 Å². The SMILES string of the molecule is CCOP(=O)(OCC)OCC(CNC(=O)CC1=C(C)C(=Cc2ccc(S(C)=O)cc2)c2ccc(F)cc21)OP(=O)(OCC)OCC. The number of benzene rings is 2. The number of carbonyl (C=O) groups excluding carboxylic acids is 1. The van der Waals surface area contributed by atoms with E-state index in [0.717, 1.165) is 22.3 Å². The monoisotopic (exact) mass is 701 g/mol. The van der Waals surface area contributed by atoms with Crippen molar-refractivity contribution in [3.05, 3.63) is 70.5 Å². The molecule has 2 aromatic rings. The second-order valence-electron chi connectivity index (χ2n) is 9.94. The molecule has 2 unspecified atom stereocenters. The third-order valence-corrected chi connectivity index (χ3v) is 10.9. The first-order valence-electron chi connectivity index (χ1n) is 14.9. The van der Waals surface area contributed by atoms with Gasteiger partial charge in [0.25, 0.3) is 0 Å². The van der Waals surface area contributed by atoms with Gasteiger partial charge < -0.3 is 5.32 Å². The van der Waals surface area contributed by atoms with Gasteiger partial charge in [0.1, 0.15) is 11.9 Å². The van der Waals surface area contributed by atoms with Crippen LogP contribution in [0.4, 0.5) is 4.39 Å². The van der Waals surface area contributed by atoms with Gasteiger partial charge in [-0.1, -0.05) is 18.2 Å². The van der Waals surface area contributed by atoms with E-state index in [-0.39, 0.29) is 39.4 Å². The van der Waals surface area contributed by atoms with Crippen molar-refractivity contribution in [2.24, 2.45) is 0 Å². The smallest absolute Gasteiger partial charge is 0.353 e. The van der Waals surface area contributed by atoms with E-state index in [0.29, 0.717) is 16.0 Å². The van der Waals surface area contributed by atoms with Crippen LogP contribution in [0.2, 0.25) is 0 Å². The number of phosphoric ester groups is 2. The maximum absolute atomic E-state index is 14.4. The number of nitrogens with one attached hydrogen (secondary N) is 1. The molecule has 254 valence electrons. The van der Waals surface area contributed by atoms with E-state index in [4.69, 9.17) is 27.1 Å². The quantitative estimate of drug-likeness (QED) is 0.150. The number of fused-ring (bicyclic) bond motifs is 1. The first kappa shape index (κ1) is 38.1. The summed E-state index contributed by atoms with van der Waals surface area (Å²) >= 11 is 0. The van der Waals surface area contributed by atoms with Crippen LogP contribution in [0.3, 0.4) is 0 Å². The van der Waals surface area contributed by atoms with Crippen LogP contribution in [-0.4, -0.2) is 62.1 Å². The number of halogens is 1. The number of carbonyl (C=O) groups is 1. The second kappa shape index (κ2) is 17.7. The third-order valence-electron chi connectivity index (χ3n) is 6.69. The highest BCUT2D eigenvalue weighted by molar-refractivity contribution is 7.84. The van der Waals surface area contributed by atoms with E-state index >= 15 is 0 Å². The third kappa shape index (κ3) is 10.6. The Hall–Kier alpha value is -2.31. The molecular weight excluding hydrogens is 659 g/mol. The van der Waals surface area contributed by atoms with Crippen LogP contribution in [0.25, 0.3) is 17.2 Å². The summed E-state index contributed by atoms with van der Waals surface area (Å²) in [6.45, 7) is 7.82. The number of amides is 1. The highest BCUT2D eigenvalue weighted by Crippen LogP contribution is 2.52. The molecule has 11 nitrogen and oxygen atoms in total. The molecule has 46 heavy (non-hydrogen) atoms. The van der Waals surface area contributed by atoms with E-state index in [1.807, 2.05) is 25.1 Å². The molecule has 0 aliphatic heterocycles. The Morgan fingerprint density at radius 2 is 1.48 bits per heavy atom. The van der Waals surface area contributed by atoms with Gasteiger partial charge >= 0.3 is 15.6 Å². The summed E-state index contributed by atoms with van der Waals surface area (Å²) in [7, 11) is -9.14. The normalized spacial score (nSPS) is 15.7. The van der Waals surface area contributed by atoms with E-state index < -0.39 is 50.9 Å². The average Bonchev–Trinajstić information content (AvgIpc) is 3.24. The highest BCUT2D eigenvalue weighted by Gasteiger charge is 2.34. The molecule has 1 N–H and O–H groups in total. The van der Waals surface area contributed by atoms with Gasteiger partial charge in [0.15, 0.2) is 0 Å². The number of phosphoric acid groups is 2. The lowest BCUT2D eigenvalue weighted by atomic mass is 10.0. The molecule has 0 spiro atoms. The lowest BCUT2D eigenvalue weighted by Gasteiger charge is -2.25. The summed E-state index contributed by atoms with van der Waals surface area (Å²) in [5.74, 6) is -0.878. The highest BCUT2D eigenvalue weighted by atomic mass is 32.2. The van der Waals surface area contributed by atoms with Gasteiger partial charge in [0.2, 0.25) is 5.91 Å². The number of hydrogen-bond donors (Lipinski definition) is 1. The fraction of sp³-hybridized carbons (Fsp3) is 0.452. The predicted molar refractivity (Wildman–Crippen MR) is 176 cm³/mol. The molecule has 0 saturated heterocycles. The molecule has 2 aromatic carbocycles. The first-order chi connectivity index (χ1) is 21.9. The minimum atomic E-state index is -4.06. The van der Waals surface area contributed by atoms with Crippen LogP contribution in [0.15, 0.2) is 52.9 Å². The molecule has 15 heteroatoms. The Labute approximate surface area is 272 Å². The van der Waals surface area contributed by atoms with Crippen molar-refractivity contribution < 1.29 is 49.7 Å². The Balaban J connectivity index is 1.84. The largest absolute Gasteiger partial charge is 0.475 e. The Morgan fingerprint density at radius 3 is 2.04 bits per heavy atom. The van der Waals surface area contributed by atoms with Crippen LogP contribution >= 0.6 is 15.6 Å². The van der Waals surface area contributed by atoms with Gasteiger partial charge in [-0.25, -0.2) is 13.5 Å². The zero-order valence-corrected chi connectivity index (χ0v) is 29.5. The van der Waals surface area contributed by atoms with E-state index in [9.17, 15) is 22.5 Å². The van der Waals surface area contributed by atoms with E-state index in [1.165, 1.54) is 12.1 Å². The topological polar surface area (TPSA) is 136 Å². The fourth-order valence-corrected chi connectivity index (χ4v) is 7.73. The van der Waals surface area contributed by atoms with Crippen molar-refractivity contribution in [3.63, 3.8) is 0 Å². The van der Waals surface area contributed by atoms with Gasteiger partial charge in [-0.3, -0.25) is 36.1 Å². The Kier molecular flexibility index (Phi) is 14.7. The summed E-state index contributed by atoms with van der Waals surface area (Å²) in [6.07, 6.45) is 2.30. The molecule has 0 saturated carbocycles. The van der Waals surface area contributed by atoms with Crippen molar-refractivity contribution in [3.8, 4) is 0 Å². The summed E-state index contributed by atoms with van der Waals surface area (Å²) in [5, 5.41) is 2.74. The zero-order chi connectivity index (χ0) is 33.9. The summed E-state index contributed by atoms with van der Waals surface area (Å²) in [6, 6.07) is 11.7. The first-order valence-corrected chi connectivity index (χ1v) is 19.4. The molecular formula is C31H42FNO10P2S. The lowest BCUT2D eigenvalue weighted by Crippen LogP contribution is -2.36. The Bertz CT molecular complexity index is 1530. The molecule has 2 atom stereocenters. The molecule has 1 aliphatic carbocycles. The number of rotatable bonds is 19. The van der Waals surface area contributed by atoms with Gasteiger partial charge in [-0.2, -0.15) is 0 Å². The molecule has 1 aliphatic rings. The minimum Gasteiger partial charge on any atom is -0.353 e. The van der Waals surface area contributed by atoms with Crippen molar-refractivity contribution in [2.75, 3.05) is 45.8 Å². The van der Waals surface area contributed by atoms with Crippen molar-refractivity contribution >= 4 is 49.6 Å². The molecule has 1 amide bonds. The molecule has 3 rings (SSSR count). The van der Waals surface area contributed by atoms with Crippen LogP contribution in [0, 0.1) is 5.82 Å². The minimum absolute atomic E-state index is 0.0229. The molecule has 0 aromatic heterocycles. The van der Waals surface area contributed by atoms with Crippen molar-refractivity contribution in [1.82, 2.24) is 5.32 Å². The Morgan fingerprint density at radius 1 is 0.891 bits per heavy atom. The molecule has 0 radical (unpaired) electrons.